The molecule has 1 heterocycles. The molecule has 0 N–H and O–H groups in total. The van der Waals surface area contributed by atoms with Gasteiger partial charge >= 0.3 is 0 Å². The van der Waals surface area contributed by atoms with E-state index in [0.29, 0.717) is 13.2 Å². The lowest BCUT2D eigenvalue weighted by atomic mass is 10.0. The maximum absolute atomic E-state index is 6.64. The first kappa shape index (κ1) is 16.7. The Morgan fingerprint density at radius 3 is 2.38 bits per heavy atom. The first-order chi connectivity index (χ1) is 10.1. The second kappa shape index (κ2) is 7.52. The molecule has 5 heteroatoms. The lowest BCUT2D eigenvalue weighted by Gasteiger charge is -2.15. The van der Waals surface area contributed by atoms with Crippen molar-refractivity contribution < 1.29 is 9.47 Å². The Hall–Kier alpha value is -0.710. The Labute approximate surface area is 143 Å². The fraction of sp³-hybridized carbons (Fsp3) is 0.375. The number of benzene rings is 1. The molecule has 1 atom stereocenters. The van der Waals surface area contributed by atoms with Crippen molar-refractivity contribution in [1.82, 2.24) is 0 Å². The third-order valence-corrected chi connectivity index (χ3v) is 5.12. The zero-order valence-corrected chi connectivity index (χ0v) is 15.4. The molecule has 0 spiro atoms. The van der Waals surface area contributed by atoms with Crippen LogP contribution in [0.1, 0.15) is 35.2 Å². The normalized spacial score (nSPS) is 12.2. The lowest BCUT2D eigenvalue weighted by Crippen LogP contribution is -2.00. The molecular weight excluding hydrogens is 372 g/mol. The van der Waals surface area contributed by atoms with Gasteiger partial charge in [0.15, 0.2) is 11.5 Å². The first-order valence-corrected chi connectivity index (χ1v) is 8.90. The van der Waals surface area contributed by atoms with E-state index >= 15 is 0 Å². The van der Waals surface area contributed by atoms with E-state index < -0.39 is 0 Å². The molecule has 0 radical (unpaired) electrons. The summed E-state index contributed by atoms with van der Waals surface area (Å²) in [5, 5.41) is -0.192. The van der Waals surface area contributed by atoms with Crippen molar-refractivity contribution in [3.8, 4) is 11.5 Å². The van der Waals surface area contributed by atoms with Crippen LogP contribution in [0.5, 0.6) is 11.5 Å². The standard InChI is InChI=1S/C16H18BrClO2S/c1-4-19-13-7-6-11(8-14(13)20-5-2)16(18)12-9-15(17)21-10(12)3/h6-9,16H,4-5H2,1-3H3. The second-order valence-electron chi connectivity index (χ2n) is 4.50. The summed E-state index contributed by atoms with van der Waals surface area (Å²) in [6.07, 6.45) is 0. The smallest absolute Gasteiger partial charge is 0.161 e. The van der Waals surface area contributed by atoms with Crippen LogP contribution in [-0.2, 0) is 0 Å². The summed E-state index contributed by atoms with van der Waals surface area (Å²) in [5.41, 5.74) is 2.14. The van der Waals surface area contributed by atoms with Crippen molar-refractivity contribution >= 4 is 38.9 Å². The molecule has 0 bridgehead atoms. The van der Waals surface area contributed by atoms with Gasteiger partial charge in [-0.3, -0.25) is 0 Å². The van der Waals surface area contributed by atoms with Gasteiger partial charge < -0.3 is 9.47 Å². The first-order valence-electron chi connectivity index (χ1n) is 6.86. The topological polar surface area (TPSA) is 18.5 Å². The number of ether oxygens (including phenoxy) is 2. The minimum atomic E-state index is -0.192. The van der Waals surface area contributed by atoms with Crippen LogP contribution in [0.2, 0.25) is 0 Å². The van der Waals surface area contributed by atoms with Crippen molar-refractivity contribution in [3.05, 3.63) is 44.1 Å². The molecule has 1 aromatic heterocycles. The van der Waals surface area contributed by atoms with Crippen LogP contribution in [0.3, 0.4) is 0 Å². The molecule has 0 amide bonds. The van der Waals surface area contributed by atoms with Gasteiger partial charge in [0.2, 0.25) is 0 Å². The van der Waals surface area contributed by atoms with Crippen LogP contribution in [0, 0.1) is 6.92 Å². The molecule has 0 aliphatic rings. The SMILES string of the molecule is CCOc1ccc(C(Cl)c2cc(Br)sc2C)cc1OCC. The summed E-state index contributed by atoms with van der Waals surface area (Å²) in [5.74, 6) is 1.50. The van der Waals surface area contributed by atoms with Crippen LogP contribution < -0.4 is 9.47 Å². The molecule has 0 aliphatic carbocycles. The van der Waals surface area contributed by atoms with Crippen molar-refractivity contribution in [1.29, 1.82) is 0 Å². The fourth-order valence-electron chi connectivity index (χ4n) is 2.12. The average Bonchev–Trinajstić information content (AvgIpc) is 2.79. The minimum absolute atomic E-state index is 0.192. The van der Waals surface area contributed by atoms with Gasteiger partial charge in [0.05, 0.1) is 22.4 Å². The van der Waals surface area contributed by atoms with Gasteiger partial charge in [-0.05, 0) is 66.0 Å². The molecule has 114 valence electrons. The van der Waals surface area contributed by atoms with E-state index in [1.165, 1.54) is 4.88 Å². The molecule has 2 aromatic rings. The molecule has 0 saturated heterocycles. The van der Waals surface area contributed by atoms with E-state index in [0.717, 1.165) is 26.4 Å². The minimum Gasteiger partial charge on any atom is -0.490 e. The Kier molecular flexibility index (Phi) is 5.97. The molecule has 21 heavy (non-hydrogen) atoms. The molecule has 0 aliphatic heterocycles. The zero-order chi connectivity index (χ0) is 15.4. The van der Waals surface area contributed by atoms with Crippen LogP contribution in [0.25, 0.3) is 0 Å². The highest BCUT2D eigenvalue weighted by atomic mass is 79.9. The Morgan fingerprint density at radius 2 is 1.81 bits per heavy atom. The highest BCUT2D eigenvalue weighted by Gasteiger charge is 2.18. The molecule has 2 rings (SSSR count). The van der Waals surface area contributed by atoms with Gasteiger partial charge in [-0.25, -0.2) is 0 Å². The van der Waals surface area contributed by atoms with E-state index in [-0.39, 0.29) is 5.38 Å². The number of hydrogen-bond donors (Lipinski definition) is 0. The van der Waals surface area contributed by atoms with Crippen molar-refractivity contribution in [3.63, 3.8) is 0 Å². The van der Waals surface area contributed by atoms with Crippen LogP contribution >= 0.6 is 38.9 Å². The summed E-state index contributed by atoms with van der Waals surface area (Å²) in [6, 6.07) is 7.97. The molecule has 2 nitrogen and oxygen atoms in total. The van der Waals surface area contributed by atoms with Crippen molar-refractivity contribution in [2.24, 2.45) is 0 Å². The number of hydrogen-bond acceptors (Lipinski definition) is 3. The number of alkyl halides is 1. The Morgan fingerprint density at radius 1 is 1.14 bits per heavy atom. The van der Waals surface area contributed by atoms with Crippen LogP contribution in [0.4, 0.5) is 0 Å². The Bertz CT molecular complexity index is 612. The predicted molar refractivity (Wildman–Crippen MR) is 93.2 cm³/mol. The second-order valence-corrected chi connectivity index (χ2v) is 7.57. The number of rotatable bonds is 6. The highest BCUT2D eigenvalue weighted by molar-refractivity contribution is 9.11. The summed E-state index contributed by atoms with van der Waals surface area (Å²) in [4.78, 5) is 1.22. The third-order valence-electron chi connectivity index (χ3n) is 3.06. The predicted octanol–water partition coefficient (Wildman–Crippen LogP) is 5.94. The molecule has 1 aromatic carbocycles. The van der Waals surface area contributed by atoms with E-state index in [4.69, 9.17) is 21.1 Å². The fourth-order valence-corrected chi connectivity index (χ4v) is 4.29. The lowest BCUT2D eigenvalue weighted by molar-refractivity contribution is 0.287. The summed E-state index contributed by atoms with van der Waals surface area (Å²) >= 11 is 11.8. The van der Waals surface area contributed by atoms with Crippen LogP contribution in [-0.4, -0.2) is 13.2 Å². The molecule has 0 fully saturated rings. The van der Waals surface area contributed by atoms with Gasteiger partial charge in [0.25, 0.3) is 0 Å². The van der Waals surface area contributed by atoms with Gasteiger partial charge in [-0.15, -0.1) is 22.9 Å². The number of aryl methyl sites for hydroxylation is 1. The summed E-state index contributed by atoms with van der Waals surface area (Å²) in [7, 11) is 0. The van der Waals surface area contributed by atoms with Gasteiger partial charge in [0, 0.05) is 4.88 Å². The average molecular weight is 390 g/mol. The van der Waals surface area contributed by atoms with E-state index in [9.17, 15) is 0 Å². The zero-order valence-electron chi connectivity index (χ0n) is 12.3. The van der Waals surface area contributed by atoms with E-state index in [1.807, 2.05) is 32.0 Å². The van der Waals surface area contributed by atoms with Gasteiger partial charge in [-0.2, -0.15) is 0 Å². The Balaban J connectivity index is 2.35. The molecule has 0 saturated carbocycles. The molecule has 1 unspecified atom stereocenters. The summed E-state index contributed by atoms with van der Waals surface area (Å²) in [6.45, 7) is 7.21. The van der Waals surface area contributed by atoms with Crippen molar-refractivity contribution in [2.75, 3.05) is 13.2 Å². The summed E-state index contributed by atoms with van der Waals surface area (Å²) < 4.78 is 12.3. The van der Waals surface area contributed by atoms with Gasteiger partial charge in [0.1, 0.15) is 0 Å². The highest BCUT2D eigenvalue weighted by Crippen LogP contribution is 2.40. The quantitative estimate of drug-likeness (QED) is 0.569. The van der Waals surface area contributed by atoms with E-state index in [2.05, 4.69) is 28.9 Å². The molecular formula is C16H18BrClO2S. The van der Waals surface area contributed by atoms with Gasteiger partial charge in [-0.1, -0.05) is 6.07 Å². The number of halogens is 2. The maximum atomic E-state index is 6.64. The van der Waals surface area contributed by atoms with E-state index in [1.54, 1.807) is 11.3 Å². The largest absolute Gasteiger partial charge is 0.490 e. The monoisotopic (exact) mass is 388 g/mol. The van der Waals surface area contributed by atoms with Crippen molar-refractivity contribution in [2.45, 2.75) is 26.1 Å². The number of thiophene rings is 1. The third kappa shape index (κ3) is 3.93. The maximum Gasteiger partial charge on any atom is 0.161 e. The van der Waals surface area contributed by atoms with Crippen LogP contribution in [0.15, 0.2) is 28.1 Å².